The highest BCUT2D eigenvalue weighted by Crippen LogP contribution is 2.21. The van der Waals surface area contributed by atoms with Crippen molar-refractivity contribution in [3.05, 3.63) is 66.2 Å². The number of amides is 3. The van der Waals surface area contributed by atoms with E-state index >= 15 is 0 Å². The quantitative estimate of drug-likeness (QED) is 0.374. The first-order valence-electron chi connectivity index (χ1n) is 11.5. The van der Waals surface area contributed by atoms with Gasteiger partial charge in [-0.2, -0.15) is 0 Å². The highest BCUT2D eigenvalue weighted by Gasteiger charge is 2.28. The molecule has 3 N–H and O–H groups in total. The van der Waals surface area contributed by atoms with Gasteiger partial charge in [0.25, 0.3) is 0 Å². The molecule has 0 aliphatic heterocycles. The maximum absolute atomic E-state index is 13.2. The van der Waals surface area contributed by atoms with Crippen LogP contribution >= 0.6 is 11.8 Å². The van der Waals surface area contributed by atoms with Gasteiger partial charge in [0, 0.05) is 37.2 Å². The van der Waals surface area contributed by atoms with Crippen LogP contribution in [0.15, 0.2) is 65.6 Å². The summed E-state index contributed by atoms with van der Waals surface area (Å²) in [6.07, 6.45) is 1.07. The molecular formula is C26H35N3O4S. The lowest BCUT2D eigenvalue weighted by Crippen LogP contribution is -2.53. The van der Waals surface area contributed by atoms with Crippen molar-refractivity contribution in [2.45, 2.75) is 37.6 Å². The number of carboxylic acids is 1. The summed E-state index contributed by atoms with van der Waals surface area (Å²) in [5, 5.41) is 15.3. The lowest BCUT2D eigenvalue weighted by Gasteiger charge is -2.29. The van der Waals surface area contributed by atoms with Crippen molar-refractivity contribution >= 4 is 29.7 Å². The zero-order valence-corrected chi connectivity index (χ0v) is 20.9. The van der Waals surface area contributed by atoms with E-state index in [1.54, 1.807) is 0 Å². The Hall–Kier alpha value is -3.00. The standard InChI is InChI=1S/C26H35N3O4S/c1-19(2)14-15-29(17-21(25(31)32)18-34-22-12-8-5-9-13-22)26(33)28-23(24(30)27-3)16-20-10-6-4-7-11-20/h4-13,19,21,23H,14-18H2,1-3H3,(H,27,30)(H,28,33)(H,31,32). The van der Waals surface area contributed by atoms with E-state index in [0.29, 0.717) is 24.6 Å². The molecule has 7 nitrogen and oxygen atoms in total. The fourth-order valence-corrected chi connectivity index (χ4v) is 4.34. The molecule has 3 amide bonds. The van der Waals surface area contributed by atoms with E-state index in [9.17, 15) is 19.5 Å². The Morgan fingerprint density at radius 2 is 1.62 bits per heavy atom. The normalized spacial score (nSPS) is 12.6. The smallest absolute Gasteiger partial charge is 0.318 e. The molecule has 0 aromatic heterocycles. The number of carboxylic acid groups (broad SMARTS) is 1. The minimum atomic E-state index is -0.946. The summed E-state index contributed by atoms with van der Waals surface area (Å²) in [5.74, 6) is -1.30. The van der Waals surface area contributed by atoms with Crippen molar-refractivity contribution in [2.24, 2.45) is 11.8 Å². The van der Waals surface area contributed by atoms with Crippen LogP contribution in [0.4, 0.5) is 4.79 Å². The van der Waals surface area contributed by atoms with Gasteiger partial charge in [-0.1, -0.05) is 62.4 Å². The maximum atomic E-state index is 13.2. The molecule has 8 heteroatoms. The molecule has 0 aliphatic rings. The first-order valence-corrected chi connectivity index (χ1v) is 12.5. The number of nitrogens with one attached hydrogen (secondary N) is 2. The molecule has 184 valence electrons. The lowest BCUT2D eigenvalue weighted by atomic mass is 10.1. The van der Waals surface area contributed by atoms with Gasteiger partial charge in [-0.05, 0) is 30.0 Å². The molecule has 0 fully saturated rings. The number of thioether (sulfide) groups is 1. The van der Waals surface area contributed by atoms with Crippen molar-refractivity contribution in [3.8, 4) is 0 Å². The van der Waals surface area contributed by atoms with Crippen LogP contribution in [0.3, 0.4) is 0 Å². The topological polar surface area (TPSA) is 98.7 Å². The van der Waals surface area contributed by atoms with Gasteiger partial charge in [0.05, 0.1) is 5.92 Å². The third-order valence-electron chi connectivity index (χ3n) is 5.39. The number of urea groups is 1. The monoisotopic (exact) mass is 485 g/mol. The third kappa shape index (κ3) is 9.47. The second-order valence-electron chi connectivity index (χ2n) is 8.59. The lowest BCUT2D eigenvalue weighted by molar-refractivity contribution is -0.141. The van der Waals surface area contributed by atoms with Crippen molar-refractivity contribution in [1.29, 1.82) is 0 Å². The first kappa shape index (κ1) is 27.2. The van der Waals surface area contributed by atoms with Crippen molar-refractivity contribution < 1.29 is 19.5 Å². The minimum absolute atomic E-state index is 0.0690. The zero-order valence-electron chi connectivity index (χ0n) is 20.1. The maximum Gasteiger partial charge on any atom is 0.318 e. The molecule has 2 rings (SSSR count). The zero-order chi connectivity index (χ0) is 24.9. The number of likely N-dealkylation sites (N-methyl/N-ethyl adjacent to an activating group) is 1. The summed E-state index contributed by atoms with van der Waals surface area (Å²) < 4.78 is 0. The van der Waals surface area contributed by atoms with Gasteiger partial charge in [-0.15, -0.1) is 11.8 Å². The summed E-state index contributed by atoms with van der Waals surface area (Å²) in [6, 6.07) is 17.9. The first-order chi connectivity index (χ1) is 16.3. The summed E-state index contributed by atoms with van der Waals surface area (Å²) in [4.78, 5) is 40.2. The van der Waals surface area contributed by atoms with Gasteiger partial charge in [0.2, 0.25) is 5.91 Å². The highest BCUT2D eigenvalue weighted by molar-refractivity contribution is 7.99. The van der Waals surface area contributed by atoms with Crippen LogP contribution in [0, 0.1) is 11.8 Å². The molecule has 2 unspecified atom stereocenters. The van der Waals surface area contributed by atoms with Crippen molar-refractivity contribution in [3.63, 3.8) is 0 Å². The fraction of sp³-hybridized carbons (Fsp3) is 0.423. The molecule has 0 radical (unpaired) electrons. The van der Waals surface area contributed by atoms with Gasteiger partial charge >= 0.3 is 12.0 Å². The summed E-state index contributed by atoms with van der Waals surface area (Å²) in [6.45, 7) is 4.59. The number of carbonyl (C=O) groups excluding carboxylic acids is 2. The number of hydrogen-bond donors (Lipinski definition) is 3. The Bertz CT molecular complexity index is 909. The molecular weight excluding hydrogens is 450 g/mol. The van der Waals surface area contributed by atoms with Gasteiger partial charge in [0.1, 0.15) is 6.04 Å². The van der Waals surface area contributed by atoms with E-state index < -0.39 is 24.0 Å². The Morgan fingerprint density at radius 1 is 1.00 bits per heavy atom. The number of aliphatic carboxylic acids is 1. The average Bonchev–Trinajstić information content (AvgIpc) is 2.83. The van der Waals surface area contributed by atoms with Gasteiger partial charge in [-0.25, -0.2) is 4.79 Å². The number of nitrogens with zero attached hydrogens (tertiary/aromatic N) is 1. The molecule has 0 bridgehead atoms. The largest absolute Gasteiger partial charge is 0.481 e. The highest BCUT2D eigenvalue weighted by atomic mass is 32.2. The predicted molar refractivity (Wildman–Crippen MR) is 136 cm³/mol. The molecule has 2 atom stereocenters. The molecule has 0 heterocycles. The van der Waals surface area contributed by atoms with E-state index in [-0.39, 0.29) is 12.5 Å². The Balaban J connectivity index is 2.13. The molecule has 2 aromatic carbocycles. The molecule has 0 saturated carbocycles. The Morgan fingerprint density at radius 3 is 2.18 bits per heavy atom. The third-order valence-corrected chi connectivity index (χ3v) is 6.57. The SMILES string of the molecule is CNC(=O)C(Cc1ccccc1)NC(=O)N(CCC(C)C)CC(CSc1ccccc1)C(=O)O. The van der Waals surface area contributed by atoms with Gasteiger partial charge in [-0.3, -0.25) is 9.59 Å². The van der Waals surface area contributed by atoms with Crippen molar-refractivity contribution in [2.75, 3.05) is 25.9 Å². The van der Waals surface area contributed by atoms with E-state index in [0.717, 1.165) is 16.9 Å². The molecule has 2 aromatic rings. The van der Waals surface area contributed by atoms with Crippen LogP contribution in [0.2, 0.25) is 0 Å². The van der Waals surface area contributed by atoms with Gasteiger partial charge in [0.15, 0.2) is 0 Å². The molecule has 0 aliphatic carbocycles. The van der Waals surface area contributed by atoms with Crippen LogP contribution in [-0.4, -0.2) is 59.8 Å². The van der Waals surface area contributed by atoms with E-state index in [2.05, 4.69) is 24.5 Å². The van der Waals surface area contributed by atoms with Crippen molar-refractivity contribution in [1.82, 2.24) is 15.5 Å². The van der Waals surface area contributed by atoms with Crippen LogP contribution < -0.4 is 10.6 Å². The van der Waals surface area contributed by atoms with Crippen LogP contribution in [-0.2, 0) is 16.0 Å². The summed E-state index contributed by atoms with van der Waals surface area (Å²) >= 11 is 1.46. The van der Waals surface area contributed by atoms with Gasteiger partial charge < -0.3 is 20.6 Å². The summed E-state index contributed by atoms with van der Waals surface area (Å²) in [7, 11) is 1.53. The number of carbonyl (C=O) groups is 3. The number of benzene rings is 2. The number of rotatable bonds is 13. The average molecular weight is 486 g/mol. The number of hydrogen-bond acceptors (Lipinski definition) is 4. The second-order valence-corrected chi connectivity index (χ2v) is 9.69. The Kier molecular flexibility index (Phi) is 11.5. The molecule has 34 heavy (non-hydrogen) atoms. The summed E-state index contributed by atoms with van der Waals surface area (Å²) in [5.41, 5.74) is 0.924. The van der Waals surface area contributed by atoms with E-state index in [1.165, 1.54) is 23.7 Å². The second kappa shape index (κ2) is 14.3. The predicted octanol–water partition coefficient (Wildman–Crippen LogP) is 3.89. The molecule has 0 saturated heterocycles. The fourth-order valence-electron chi connectivity index (χ4n) is 3.35. The minimum Gasteiger partial charge on any atom is -0.481 e. The van der Waals surface area contributed by atoms with Crippen LogP contribution in [0.1, 0.15) is 25.8 Å². The van der Waals surface area contributed by atoms with E-state index in [4.69, 9.17) is 0 Å². The Labute approximate surface area is 206 Å². The van der Waals surface area contributed by atoms with Crippen LogP contribution in [0.5, 0.6) is 0 Å². The van der Waals surface area contributed by atoms with Crippen LogP contribution in [0.25, 0.3) is 0 Å². The molecule has 0 spiro atoms. The van der Waals surface area contributed by atoms with E-state index in [1.807, 2.05) is 60.7 Å².